The highest BCUT2D eigenvalue weighted by molar-refractivity contribution is 6.53. The summed E-state index contributed by atoms with van der Waals surface area (Å²) in [6.45, 7) is 2.12. The van der Waals surface area contributed by atoms with Crippen LogP contribution in [0.15, 0.2) is 12.2 Å². The molecule has 78 valence electrons. The van der Waals surface area contributed by atoms with E-state index in [-0.39, 0.29) is 11.3 Å². The summed E-state index contributed by atoms with van der Waals surface area (Å²) in [5, 5.41) is 0. The summed E-state index contributed by atoms with van der Waals surface area (Å²) in [5.41, 5.74) is -0.0302. The van der Waals surface area contributed by atoms with Crippen LogP contribution in [0.1, 0.15) is 13.3 Å². The molecule has 0 aromatic rings. The molecule has 0 saturated heterocycles. The lowest BCUT2D eigenvalue weighted by Gasteiger charge is -2.11. The molecule has 0 bridgehead atoms. The molecule has 0 amide bonds. The minimum atomic E-state index is -0.610. The lowest BCUT2D eigenvalue weighted by atomic mass is 9.99. The quantitative estimate of drug-likeness (QED) is 0.458. The molecule has 4 atom stereocenters. The first-order valence-electron chi connectivity index (χ1n) is 4.76. The Morgan fingerprint density at radius 2 is 1.79 bits per heavy atom. The maximum Gasteiger partial charge on any atom is 0.131 e. The van der Waals surface area contributed by atoms with Crippen molar-refractivity contribution < 1.29 is 0 Å². The summed E-state index contributed by atoms with van der Waals surface area (Å²) in [7, 11) is 0. The molecule has 3 aliphatic carbocycles. The molecule has 0 heterocycles. The highest BCUT2D eigenvalue weighted by Gasteiger charge is 2.77. The first-order valence-corrected chi connectivity index (χ1v) is 6.27. The second-order valence-corrected chi connectivity index (χ2v) is 7.74. The summed E-state index contributed by atoms with van der Waals surface area (Å²) in [6.07, 6.45) is 5.11. The molecule has 14 heavy (non-hydrogen) atoms. The van der Waals surface area contributed by atoms with E-state index in [2.05, 4.69) is 19.1 Å². The molecular formula is C10H10Cl4. The predicted octanol–water partition coefficient (Wildman–Crippen LogP) is 4.18. The Labute approximate surface area is 104 Å². The molecule has 0 aliphatic heterocycles. The maximum absolute atomic E-state index is 6.23. The first kappa shape index (κ1) is 10.1. The smallest absolute Gasteiger partial charge is 0.101 e. The Hall–Kier alpha value is 0.900. The molecule has 0 nitrogen and oxygen atoms in total. The van der Waals surface area contributed by atoms with E-state index in [1.54, 1.807) is 0 Å². The SMILES string of the molecule is C[C@]12C[C@@H]3[C@H](C=C[C@H]1C2(Cl)Cl)C3(Cl)Cl. The third-order valence-corrected chi connectivity index (χ3v) is 6.57. The van der Waals surface area contributed by atoms with E-state index in [9.17, 15) is 0 Å². The average molecular weight is 272 g/mol. The van der Waals surface area contributed by atoms with Crippen LogP contribution in [0.3, 0.4) is 0 Å². The van der Waals surface area contributed by atoms with Crippen LogP contribution in [0.4, 0.5) is 0 Å². The van der Waals surface area contributed by atoms with Crippen molar-refractivity contribution in [2.45, 2.75) is 22.0 Å². The normalized spacial score (nSPS) is 55.6. The Bertz CT molecular complexity index is 333. The molecule has 2 fully saturated rings. The van der Waals surface area contributed by atoms with Crippen molar-refractivity contribution in [3.05, 3.63) is 12.2 Å². The fraction of sp³-hybridized carbons (Fsp3) is 0.800. The number of halogens is 4. The molecule has 0 spiro atoms. The second-order valence-electron chi connectivity index (χ2n) is 4.91. The minimum Gasteiger partial charge on any atom is -0.101 e. The van der Waals surface area contributed by atoms with Crippen LogP contribution < -0.4 is 0 Å². The van der Waals surface area contributed by atoms with Crippen LogP contribution >= 0.6 is 46.4 Å². The van der Waals surface area contributed by atoms with Crippen molar-refractivity contribution in [2.24, 2.45) is 23.2 Å². The van der Waals surface area contributed by atoms with Crippen LogP contribution in [-0.4, -0.2) is 8.67 Å². The van der Waals surface area contributed by atoms with Gasteiger partial charge in [0.2, 0.25) is 0 Å². The average Bonchev–Trinajstić information content (AvgIpc) is 2.74. The van der Waals surface area contributed by atoms with E-state index < -0.39 is 8.67 Å². The van der Waals surface area contributed by atoms with Crippen molar-refractivity contribution >= 4 is 46.4 Å². The van der Waals surface area contributed by atoms with Crippen LogP contribution in [0.25, 0.3) is 0 Å². The van der Waals surface area contributed by atoms with Gasteiger partial charge in [0.1, 0.15) is 8.67 Å². The second kappa shape index (κ2) is 2.42. The topological polar surface area (TPSA) is 0 Å². The van der Waals surface area contributed by atoms with Gasteiger partial charge in [0.15, 0.2) is 0 Å². The molecule has 0 aromatic heterocycles. The van der Waals surface area contributed by atoms with Gasteiger partial charge in [0.25, 0.3) is 0 Å². The molecule has 3 aliphatic rings. The molecule has 4 heteroatoms. The highest BCUT2D eigenvalue weighted by Crippen LogP contribution is 2.78. The Balaban J connectivity index is 1.93. The Kier molecular flexibility index (Phi) is 1.74. The van der Waals surface area contributed by atoms with E-state index in [1.807, 2.05) is 0 Å². The number of hydrogen-bond donors (Lipinski definition) is 0. The third-order valence-electron chi connectivity index (χ3n) is 4.17. The highest BCUT2D eigenvalue weighted by atomic mass is 35.5. The van der Waals surface area contributed by atoms with E-state index >= 15 is 0 Å². The van der Waals surface area contributed by atoms with Crippen molar-refractivity contribution in [3.8, 4) is 0 Å². The first-order chi connectivity index (χ1) is 6.32. The van der Waals surface area contributed by atoms with Crippen LogP contribution in [-0.2, 0) is 0 Å². The summed E-state index contributed by atoms with van der Waals surface area (Å²) in [6, 6.07) is 0. The van der Waals surface area contributed by atoms with Gasteiger partial charge in [-0.25, -0.2) is 0 Å². The number of allylic oxidation sites excluding steroid dienone is 2. The fourth-order valence-corrected chi connectivity index (χ4v) is 4.50. The van der Waals surface area contributed by atoms with E-state index in [0.717, 1.165) is 6.42 Å². The van der Waals surface area contributed by atoms with E-state index in [4.69, 9.17) is 46.4 Å². The third kappa shape index (κ3) is 0.948. The standard InChI is InChI=1S/C10H10Cl4/c1-8-4-6-5(9(6,11)12)2-3-7(8)10(8,13)14/h2-3,5-7H,4H2,1H3/t5-,6+,7+,8-/m0/s1. The maximum atomic E-state index is 6.23. The number of fused-ring (bicyclic) bond motifs is 2. The molecular weight excluding hydrogens is 262 g/mol. The van der Waals surface area contributed by atoms with Crippen LogP contribution in [0.2, 0.25) is 0 Å². The molecule has 2 saturated carbocycles. The number of rotatable bonds is 0. The zero-order valence-corrected chi connectivity index (χ0v) is 10.6. The lowest BCUT2D eigenvalue weighted by Crippen LogP contribution is -2.07. The van der Waals surface area contributed by atoms with Gasteiger partial charge in [0, 0.05) is 23.2 Å². The number of hydrogen-bond acceptors (Lipinski definition) is 0. The van der Waals surface area contributed by atoms with E-state index in [0.29, 0.717) is 11.8 Å². The van der Waals surface area contributed by atoms with Crippen molar-refractivity contribution in [1.29, 1.82) is 0 Å². The van der Waals surface area contributed by atoms with Gasteiger partial charge in [0.05, 0.1) is 0 Å². The van der Waals surface area contributed by atoms with Crippen LogP contribution in [0, 0.1) is 23.2 Å². The monoisotopic (exact) mass is 270 g/mol. The summed E-state index contributed by atoms with van der Waals surface area (Å²) in [4.78, 5) is 0. The van der Waals surface area contributed by atoms with Gasteiger partial charge < -0.3 is 0 Å². The van der Waals surface area contributed by atoms with Gasteiger partial charge in [-0.05, 0) is 6.42 Å². The summed E-state index contributed by atoms with van der Waals surface area (Å²) in [5.74, 6) is 0.909. The van der Waals surface area contributed by atoms with Crippen LogP contribution in [0.5, 0.6) is 0 Å². The molecule has 0 aromatic carbocycles. The van der Waals surface area contributed by atoms with Crippen molar-refractivity contribution in [2.75, 3.05) is 0 Å². The van der Waals surface area contributed by atoms with Gasteiger partial charge in [-0.3, -0.25) is 0 Å². The Morgan fingerprint density at radius 1 is 1.14 bits per heavy atom. The zero-order chi connectivity index (χ0) is 10.4. The summed E-state index contributed by atoms with van der Waals surface area (Å²) >= 11 is 24.8. The summed E-state index contributed by atoms with van der Waals surface area (Å²) < 4.78 is -1.18. The minimum absolute atomic E-state index is 0.0302. The Morgan fingerprint density at radius 3 is 2.43 bits per heavy atom. The molecule has 0 radical (unpaired) electrons. The van der Waals surface area contributed by atoms with Crippen molar-refractivity contribution in [1.82, 2.24) is 0 Å². The van der Waals surface area contributed by atoms with E-state index in [1.165, 1.54) is 0 Å². The van der Waals surface area contributed by atoms with Gasteiger partial charge >= 0.3 is 0 Å². The number of alkyl halides is 4. The lowest BCUT2D eigenvalue weighted by molar-refractivity contribution is 0.447. The van der Waals surface area contributed by atoms with Gasteiger partial charge in [-0.1, -0.05) is 19.1 Å². The van der Waals surface area contributed by atoms with Crippen molar-refractivity contribution in [3.63, 3.8) is 0 Å². The molecule has 0 unspecified atom stereocenters. The van der Waals surface area contributed by atoms with Gasteiger partial charge in [-0.15, -0.1) is 46.4 Å². The zero-order valence-electron chi connectivity index (χ0n) is 7.61. The fourth-order valence-electron chi connectivity index (χ4n) is 2.84. The molecule has 0 N–H and O–H groups in total. The largest absolute Gasteiger partial charge is 0.131 e. The van der Waals surface area contributed by atoms with Gasteiger partial charge in [-0.2, -0.15) is 0 Å². The predicted molar refractivity (Wildman–Crippen MR) is 61.2 cm³/mol. The molecule has 3 rings (SSSR count).